The zero-order valence-electron chi connectivity index (χ0n) is 12.3. The number of sulfone groups is 1. The molecule has 0 spiro atoms. The number of hydrogen-bond donors (Lipinski definition) is 1. The fourth-order valence-electron chi connectivity index (χ4n) is 2.96. The minimum Gasteiger partial charge on any atom is -0.303 e. The van der Waals surface area contributed by atoms with Crippen molar-refractivity contribution in [3.05, 3.63) is 75.8 Å². The molecule has 0 radical (unpaired) electrons. The molecule has 3 rings (SSSR count). The monoisotopic (exact) mass is 332 g/mol. The molecule has 23 heavy (non-hydrogen) atoms. The van der Waals surface area contributed by atoms with Crippen LogP contribution in [0, 0.1) is 10.1 Å². The van der Waals surface area contributed by atoms with Gasteiger partial charge in [0.05, 0.1) is 4.90 Å². The van der Waals surface area contributed by atoms with Gasteiger partial charge in [-0.3, -0.25) is 10.1 Å². The summed E-state index contributed by atoms with van der Waals surface area (Å²) in [7, 11) is -4.10. The van der Waals surface area contributed by atoms with Crippen LogP contribution in [0.1, 0.15) is 17.2 Å². The summed E-state index contributed by atoms with van der Waals surface area (Å²) in [5.74, 6) is 0. The van der Waals surface area contributed by atoms with Crippen molar-refractivity contribution in [1.82, 2.24) is 5.32 Å². The van der Waals surface area contributed by atoms with Crippen LogP contribution in [0.15, 0.2) is 59.5 Å². The van der Waals surface area contributed by atoms with E-state index in [0.29, 0.717) is 12.1 Å². The molecule has 0 aromatic heterocycles. The SMILES string of the molecule is O=[N+]([O-])C(C1NCCc2ccccc21)S(=O)(=O)c1ccccc1. The molecular formula is C16H16N2O4S. The van der Waals surface area contributed by atoms with Gasteiger partial charge < -0.3 is 5.32 Å². The Balaban J connectivity index is 2.10. The first kappa shape index (κ1) is 15.6. The Morgan fingerprint density at radius 2 is 1.74 bits per heavy atom. The summed E-state index contributed by atoms with van der Waals surface area (Å²) >= 11 is 0. The van der Waals surface area contributed by atoms with Gasteiger partial charge in [0.25, 0.3) is 0 Å². The molecule has 2 aromatic carbocycles. The highest BCUT2D eigenvalue weighted by Crippen LogP contribution is 2.31. The van der Waals surface area contributed by atoms with Gasteiger partial charge >= 0.3 is 5.37 Å². The van der Waals surface area contributed by atoms with Gasteiger partial charge in [-0.2, -0.15) is 0 Å². The minimum atomic E-state index is -4.10. The van der Waals surface area contributed by atoms with Crippen molar-refractivity contribution >= 4 is 9.84 Å². The van der Waals surface area contributed by atoms with E-state index in [4.69, 9.17) is 0 Å². The molecule has 0 aliphatic carbocycles. The summed E-state index contributed by atoms with van der Waals surface area (Å²) in [6, 6.07) is 14.0. The third-order valence-corrected chi connectivity index (χ3v) is 6.04. The van der Waals surface area contributed by atoms with Crippen molar-refractivity contribution in [2.45, 2.75) is 22.7 Å². The Morgan fingerprint density at radius 3 is 2.43 bits per heavy atom. The van der Waals surface area contributed by atoms with Gasteiger partial charge in [0.15, 0.2) is 0 Å². The van der Waals surface area contributed by atoms with Crippen molar-refractivity contribution < 1.29 is 13.3 Å². The molecule has 7 heteroatoms. The van der Waals surface area contributed by atoms with Crippen LogP contribution in [0.3, 0.4) is 0 Å². The minimum absolute atomic E-state index is 0.0356. The summed E-state index contributed by atoms with van der Waals surface area (Å²) in [6.45, 7) is 0.510. The molecule has 0 saturated heterocycles. The fourth-order valence-corrected chi connectivity index (χ4v) is 4.60. The Kier molecular flexibility index (Phi) is 4.14. The standard InChI is InChI=1S/C16H16N2O4S/c19-18(20)16(23(21,22)13-7-2-1-3-8-13)15-14-9-5-4-6-12(14)10-11-17-15/h1-9,15-17H,10-11H2. The van der Waals surface area contributed by atoms with Crippen LogP contribution < -0.4 is 5.32 Å². The molecule has 1 aliphatic heterocycles. The fraction of sp³-hybridized carbons (Fsp3) is 0.250. The number of hydrogen-bond acceptors (Lipinski definition) is 5. The van der Waals surface area contributed by atoms with Crippen molar-refractivity contribution in [2.24, 2.45) is 0 Å². The summed E-state index contributed by atoms with van der Waals surface area (Å²) in [5, 5.41) is 12.9. The van der Waals surface area contributed by atoms with Gasteiger partial charge in [0.1, 0.15) is 6.04 Å². The number of nitrogens with zero attached hydrogens (tertiary/aromatic N) is 1. The topological polar surface area (TPSA) is 89.3 Å². The maximum Gasteiger partial charge on any atom is 0.333 e. The van der Waals surface area contributed by atoms with Crippen LogP contribution >= 0.6 is 0 Å². The Morgan fingerprint density at radius 1 is 1.09 bits per heavy atom. The largest absolute Gasteiger partial charge is 0.333 e. The predicted molar refractivity (Wildman–Crippen MR) is 85.3 cm³/mol. The van der Waals surface area contributed by atoms with Crippen LogP contribution in [0.4, 0.5) is 0 Å². The third-order valence-electron chi connectivity index (χ3n) is 4.03. The normalized spacial score (nSPS) is 18.9. The van der Waals surface area contributed by atoms with E-state index in [1.165, 1.54) is 12.1 Å². The summed E-state index contributed by atoms with van der Waals surface area (Å²) < 4.78 is 25.6. The van der Waals surface area contributed by atoms with Gasteiger partial charge in [-0.05, 0) is 29.7 Å². The smallest absolute Gasteiger partial charge is 0.303 e. The predicted octanol–water partition coefficient (Wildman–Crippen LogP) is 1.95. The second-order valence-electron chi connectivity index (χ2n) is 5.41. The first-order valence-corrected chi connectivity index (χ1v) is 8.80. The average molecular weight is 332 g/mol. The van der Waals surface area contributed by atoms with E-state index in [1.54, 1.807) is 30.3 Å². The van der Waals surface area contributed by atoms with Crippen LogP contribution in [-0.4, -0.2) is 25.3 Å². The lowest BCUT2D eigenvalue weighted by atomic mass is 9.94. The lowest BCUT2D eigenvalue weighted by Crippen LogP contribution is -2.45. The quantitative estimate of drug-likeness (QED) is 0.683. The lowest BCUT2D eigenvalue weighted by Gasteiger charge is -2.28. The molecule has 0 bridgehead atoms. The van der Waals surface area contributed by atoms with Crippen LogP contribution in [-0.2, 0) is 16.3 Å². The summed E-state index contributed by atoms with van der Waals surface area (Å²) in [6.07, 6.45) is 0.725. The van der Waals surface area contributed by atoms with Crippen LogP contribution in [0.5, 0.6) is 0 Å². The lowest BCUT2D eigenvalue weighted by molar-refractivity contribution is -0.502. The highest BCUT2D eigenvalue weighted by molar-refractivity contribution is 7.91. The van der Waals surface area contributed by atoms with Crippen molar-refractivity contribution in [3.8, 4) is 0 Å². The molecule has 2 atom stereocenters. The molecule has 0 fully saturated rings. The molecule has 120 valence electrons. The maximum absolute atomic E-state index is 12.8. The molecule has 1 heterocycles. The maximum atomic E-state index is 12.8. The van der Waals surface area contributed by atoms with E-state index in [-0.39, 0.29) is 4.90 Å². The molecule has 1 aliphatic rings. The number of rotatable bonds is 4. The molecular weight excluding hydrogens is 316 g/mol. The van der Waals surface area contributed by atoms with Crippen molar-refractivity contribution in [1.29, 1.82) is 0 Å². The van der Waals surface area contributed by atoms with Crippen molar-refractivity contribution in [3.63, 3.8) is 0 Å². The number of benzene rings is 2. The van der Waals surface area contributed by atoms with Gasteiger partial charge in [-0.1, -0.05) is 42.5 Å². The van der Waals surface area contributed by atoms with Crippen molar-refractivity contribution in [2.75, 3.05) is 6.54 Å². The molecule has 2 unspecified atom stereocenters. The first-order chi connectivity index (χ1) is 11.0. The number of nitrogens with one attached hydrogen (secondary N) is 1. The van der Waals surface area contributed by atoms with Gasteiger partial charge in [-0.25, -0.2) is 8.42 Å². The zero-order valence-corrected chi connectivity index (χ0v) is 13.1. The molecule has 2 aromatic rings. The van der Waals surface area contributed by atoms with E-state index in [0.717, 1.165) is 12.0 Å². The third kappa shape index (κ3) is 2.85. The Hall–Kier alpha value is -2.25. The van der Waals surface area contributed by atoms with E-state index in [9.17, 15) is 18.5 Å². The molecule has 1 N–H and O–H groups in total. The van der Waals surface area contributed by atoms with E-state index in [2.05, 4.69) is 5.32 Å². The van der Waals surface area contributed by atoms with E-state index < -0.39 is 26.2 Å². The highest BCUT2D eigenvalue weighted by Gasteiger charge is 2.46. The summed E-state index contributed by atoms with van der Waals surface area (Å²) in [5.41, 5.74) is 1.63. The van der Waals surface area contributed by atoms with Gasteiger partial charge in [-0.15, -0.1) is 0 Å². The van der Waals surface area contributed by atoms with E-state index in [1.807, 2.05) is 12.1 Å². The highest BCUT2D eigenvalue weighted by atomic mass is 32.2. The Labute approximate surface area is 134 Å². The molecule has 0 amide bonds. The van der Waals surface area contributed by atoms with Crippen LogP contribution in [0.2, 0.25) is 0 Å². The average Bonchev–Trinajstić information content (AvgIpc) is 2.55. The van der Waals surface area contributed by atoms with Gasteiger partial charge in [0, 0.05) is 11.5 Å². The zero-order chi connectivity index (χ0) is 16.4. The first-order valence-electron chi connectivity index (χ1n) is 7.25. The van der Waals surface area contributed by atoms with Crippen LogP contribution in [0.25, 0.3) is 0 Å². The summed E-state index contributed by atoms with van der Waals surface area (Å²) in [4.78, 5) is 10.9. The molecule has 0 saturated carbocycles. The van der Waals surface area contributed by atoms with Gasteiger partial charge in [0.2, 0.25) is 9.84 Å². The second-order valence-corrected chi connectivity index (χ2v) is 7.46. The number of fused-ring (bicyclic) bond motifs is 1. The molecule has 6 nitrogen and oxygen atoms in total. The second kappa shape index (κ2) is 6.10. The van der Waals surface area contributed by atoms with E-state index >= 15 is 0 Å². The number of nitro groups is 1. The Bertz CT molecular complexity index is 821.